The summed E-state index contributed by atoms with van der Waals surface area (Å²) in [7, 11) is 0. The Bertz CT molecular complexity index is 1260. The molecule has 2 aromatic carbocycles. The van der Waals surface area contributed by atoms with Crippen molar-refractivity contribution in [1.82, 2.24) is 5.32 Å². The summed E-state index contributed by atoms with van der Waals surface area (Å²) in [5.41, 5.74) is -2.41. The van der Waals surface area contributed by atoms with Gasteiger partial charge in [0.15, 0.2) is 5.78 Å². The van der Waals surface area contributed by atoms with Crippen LogP contribution in [0.2, 0.25) is 10.0 Å². The molecule has 1 heterocycles. The lowest BCUT2D eigenvalue weighted by molar-refractivity contribution is -0.275. The molecular weight excluding hydrogens is 560 g/mol. The number of carbonyl (C=O) groups excluding carboxylic acids is 2. The van der Waals surface area contributed by atoms with Crippen molar-refractivity contribution >= 4 is 40.8 Å². The van der Waals surface area contributed by atoms with Crippen molar-refractivity contribution in [3.8, 4) is 0 Å². The summed E-state index contributed by atoms with van der Waals surface area (Å²) in [4.78, 5) is 29.5. The minimum absolute atomic E-state index is 0.00583. The van der Waals surface area contributed by atoms with Crippen LogP contribution in [0, 0.1) is 6.92 Å². The highest BCUT2D eigenvalue weighted by Gasteiger charge is 2.62. The van der Waals surface area contributed by atoms with Crippen LogP contribution >= 0.6 is 23.2 Å². The molecule has 0 saturated heterocycles. The van der Waals surface area contributed by atoms with Gasteiger partial charge in [-0.15, -0.1) is 0 Å². The van der Waals surface area contributed by atoms with Crippen LogP contribution in [0.1, 0.15) is 67.1 Å². The number of ether oxygens (including phenoxy) is 1. The van der Waals surface area contributed by atoms with Crippen LogP contribution in [0.15, 0.2) is 41.6 Å². The van der Waals surface area contributed by atoms with Crippen molar-refractivity contribution in [2.75, 3.05) is 6.54 Å². The molecular formula is C27H29Cl2F3N2O5. The zero-order valence-electron chi connectivity index (χ0n) is 21.8. The average molecular weight is 589 g/mol. The van der Waals surface area contributed by atoms with Crippen LogP contribution in [0.5, 0.6) is 0 Å². The second kappa shape index (κ2) is 11.7. The van der Waals surface area contributed by atoms with E-state index in [0.29, 0.717) is 16.7 Å². The fourth-order valence-electron chi connectivity index (χ4n) is 4.05. The maximum atomic E-state index is 14.2. The summed E-state index contributed by atoms with van der Waals surface area (Å²) in [5.74, 6) is -0.266. The predicted molar refractivity (Wildman–Crippen MR) is 141 cm³/mol. The molecule has 2 N–H and O–H groups in total. The number of carbonyl (C=O) groups is 2. The number of nitrogens with zero attached hydrogens (tertiary/aromatic N) is 1. The number of ketones is 1. The molecule has 212 valence electrons. The lowest BCUT2D eigenvalue weighted by Gasteiger charge is -2.29. The zero-order valence-corrected chi connectivity index (χ0v) is 23.3. The van der Waals surface area contributed by atoms with Gasteiger partial charge in [0.1, 0.15) is 5.60 Å². The predicted octanol–water partition coefficient (Wildman–Crippen LogP) is 6.73. The van der Waals surface area contributed by atoms with Crippen molar-refractivity contribution in [1.29, 1.82) is 0 Å². The van der Waals surface area contributed by atoms with Crippen molar-refractivity contribution in [3.05, 3.63) is 68.7 Å². The minimum Gasteiger partial charge on any atom is -0.444 e. The van der Waals surface area contributed by atoms with E-state index in [9.17, 15) is 27.9 Å². The Morgan fingerprint density at radius 3 is 2.36 bits per heavy atom. The van der Waals surface area contributed by atoms with Gasteiger partial charge in [0.05, 0.1) is 11.8 Å². The van der Waals surface area contributed by atoms with Crippen LogP contribution in [0.25, 0.3) is 0 Å². The molecule has 0 aliphatic carbocycles. The van der Waals surface area contributed by atoms with E-state index in [0.717, 1.165) is 12.1 Å². The van der Waals surface area contributed by atoms with E-state index in [4.69, 9.17) is 32.8 Å². The molecule has 2 unspecified atom stereocenters. The number of aliphatic hydroxyl groups excluding tert-OH is 1. The smallest absolute Gasteiger partial charge is 0.435 e. The highest BCUT2D eigenvalue weighted by Crippen LogP contribution is 2.49. The SMILES string of the molecule is Cc1cc(C2=NOC(c3cc(Cl)cc(Cl)c3)(C(F)(F)F)C2)ccc1C(=O)CCC(O)CNC(=O)OC(C)(C)C. The van der Waals surface area contributed by atoms with Gasteiger partial charge in [0, 0.05) is 40.6 Å². The number of oxime groups is 1. The number of hydrogen-bond acceptors (Lipinski definition) is 6. The van der Waals surface area contributed by atoms with E-state index in [1.807, 2.05) is 0 Å². The normalized spacial score (nSPS) is 18.3. The number of aryl methyl sites for hydroxylation is 1. The third-order valence-corrected chi connectivity index (χ3v) is 6.40. The Morgan fingerprint density at radius 1 is 1.15 bits per heavy atom. The monoisotopic (exact) mass is 588 g/mol. The molecule has 0 spiro atoms. The van der Waals surface area contributed by atoms with Gasteiger partial charge in [0.25, 0.3) is 5.60 Å². The molecule has 0 fully saturated rings. The summed E-state index contributed by atoms with van der Waals surface area (Å²) in [6, 6.07) is 8.18. The number of Topliss-reactive ketones (excluding diaryl/α,β-unsaturated/α-hetero) is 1. The largest absolute Gasteiger partial charge is 0.444 e. The molecule has 39 heavy (non-hydrogen) atoms. The van der Waals surface area contributed by atoms with Crippen LogP contribution < -0.4 is 5.32 Å². The number of hydrogen-bond donors (Lipinski definition) is 2. The van der Waals surface area contributed by atoms with E-state index in [2.05, 4.69) is 10.5 Å². The van der Waals surface area contributed by atoms with E-state index < -0.39 is 36.0 Å². The molecule has 7 nitrogen and oxygen atoms in total. The number of rotatable bonds is 8. The van der Waals surface area contributed by atoms with Crippen molar-refractivity contribution in [2.45, 2.75) is 70.4 Å². The van der Waals surface area contributed by atoms with Gasteiger partial charge in [-0.2, -0.15) is 13.2 Å². The van der Waals surface area contributed by atoms with Crippen molar-refractivity contribution in [3.63, 3.8) is 0 Å². The Hall–Kier alpha value is -2.82. The van der Waals surface area contributed by atoms with Gasteiger partial charge in [-0.1, -0.05) is 40.5 Å². The summed E-state index contributed by atoms with van der Waals surface area (Å²) in [5, 5.41) is 16.4. The highest BCUT2D eigenvalue weighted by atomic mass is 35.5. The van der Waals surface area contributed by atoms with Crippen molar-refractivity contribution in [2.24, 2.45) is 5.16 Å². The van der Waals surface area contributed by atoms with E-state index in [1.54, 1.807) is 33.8 Å². The van der Waals surface area contributed by atoms with E-state index >= 15 is 0 Å². The molecule has 1 aliphatic heterocycles. The lowest BCUT2D eigenvalue weighted by atomic mass is 9.86. The Kier molecular flexibility index (Phi) is 9.24. The molecule has 1 amide bonds. The lowest BCUT2D eigenvalue weighted by Crippen LogP contribution is -2.42. The number of nitrogens with one attached hydrogen (secondary N) is 1. The third-order valence-electron chi connectivity index (χ3n) is 5.96. The quantitative estimate of drug-likeness (QED) is 0.333. The number of amides is 1. The number of alkyl halides is 3. The third kappa shape index (κ3) is 7.64. The first-order chi connectivity index (χ1) is 18.0. The molecule has 2 atom stereocenters. The molecule has 1 aliphatic rings. The molecule has 0 radical (unpaired) electrons. The molecule has 0 aromatic heterocycles. The summed E-state index contributed by atoms with van der Waals surface area (Å²) < 4.78 is 47.8. The van der Waals surface area contributed by atoms with Gasteiger partial charge in [-0.25, -0.2) is 4.79 Å². The zero-order chi connectivity index (χ0) is 29.2. The molecule has 0 saturated carbocycles. The van der Waals surface area contributed by atoms with Gasteiger partial charge in [0.2, 0.25) is 0 Å². The minimum atomic E-state index is -4.82. The second-order valence-corrected chi connectivity index (χ2v) is 11.2. The van der Waals surface area contributed by atoms with Gasteiger partial charge in [-0.3, -0.25) is 4.79 Å². The fraction of sp³-hybridized carbons (Fsp3) is 0.444. The maximum Gasteiger partial charge on any atom is 0.435 e. The first kappa shape index (κ1) is 30.7. The number of benzene rings is 2. The van der Waals surface area contributed by atoms with Gasteiger partial charge in [-0.05, 0) is 69.5 Å². The second-order valence-electron chi connectivity index (χ2n) is 10.3. The van der Waals surface area contributed by atoms with Crippen LogP contribution in [0.4, 0.5) is 18.0 Å². The number of aliphatic hydroxyl groups is 1. The summed E-state index contributed by atoms with van der Waals surface area (Å²) in [6.45, 7) is 6.71. The number of halogens is 5. The van der Waals surface area contributed by atoms with Gasteiger partial charge < -0.3 is 20.0 Å². The maximum absolute atomic E-state index is 14.2. The van der Waals surface area contributed by atoms with Crippen LogP contribution in [-0.2, 0) is 15.2 Å². The van der Waals surface area contributed by atoms with Crippen LogP contribution in [0.3, 0.4) is 0 Å². The van der Waals surface area contributed by atoms with E-state index in [-0.39, 0.29) is 46.5 Å². The highest BCUT2D eigenvalue weighted by molar-refractivity contribution is 6.34. The standard InChI is InChI=1S/C27H29Cl2F3N2O5/c1-15-9-16(5-7-21(15)23(36)8-6-20(35)14-33-24(37)38-25(2,3)4)22-13-26(39-34-22,27(30,31)32)17-10-18(28)12-19(29)11-17/h5,7,9-12,20,35H,6,8,13-14H2,1-4H3,(H,33,37). The molecule has 12 heteroatoms. The summed E-state index contributed by atoms with van der Waals surface area (Å²) in [6.07, 6.45) is -7.00. The Labute approximate surface area is 234 Å². The van der Waals surface area contributed by atoms with E-state index in [1.165, 1.54) is 18.2 Å². The Morgan fingerprint density at radius 2 is 1.79 bits per heavy atom. The van der Waals surface area contributed by atoms with Crippen molar-refractivity contribution < 1.29 is 37.4 Å². The fourth-order valence-corrected chi connectivity index (χ4v) is 4.58. The molecule has 3 rings (SSSR count). The molecule has 2 aromatic rings. The molecule has 0 bridgehead atoms. The Balaban J connectivity index is 1.67. The van der Waals surface area contributed by atoms with Gasteiger partial charge >= 0.3 is 12.3 Å². The topological polar surface area (TPSA) is 97.2 Å². The van der Waals surface area contributed by atoms with Crippen LogP contribution in [-0.4, -0.2) is 47.1 Å². The first-order valence-electron chi connectivity index (χ1n) is 12.1. The number of alkyl carbamates (subject to hydrolysis) is 1. The first-order valence-corrected chi connectivity index (χ1v) is 12.8. The average Bonchev–Trinajstić information content (AvgIpc) is 3.26. The summed E-state index contributed by atoms with van der Waals surface area (Å²) >= 11 is 11.9.